The Hall–Kier alpha value is -2.54. The van der Waals surface area contributed by atoms with Gasteiger partial charge < -0.3 is 15.3 Å². The number of aryl methyl sites for hydroxylation is 2. The Morgan fingerprint density at radius 1 is 1.13 bits per heavy atom. The number of oxime groups is 1. The highest BCUT2D eigenvalue weighted by Gasteiger charge is 2.20. The molecule has 2 N–H and O–H groups in total. The molecule has 0 radical (unpaired) electrons. The van der Waals surface area contributed by atoms with Gasteiger partial charge in [0.25, 0.3) is 0 Å². The molecule has 0 saturated carbocycles. The lowest BCUT2D eigenvalue weighted by atomic mass is 10.0. The van der Waals surface area contributed by atoms with Crippen LogP contribution < -0.4 is 10.1 Å². The molecule has 31 heavy (non-hydrogen) atoms. The average Bonchev–Trinajstić information content (AvgIpc) is 2.74. The molecule has 1 atom stereocenters. The maximum Gasteiger partial charge on any atom is 0.250 e. The number of rotatable bonds is 7. The monoisotopic (exact) mass is 478 g/mol. The predicted molar refractivity (Wildman–Crippen MR) is 124 cm³/mol. The Morgan fingerprint density at radius 3 is 2.61 bits per heavy atom. The largest absolute Gasteiger partial charge is 0.437 e. The van der Waals surface area contributed by atoms with Crippen LogP contribution in [-0.4, -0.2) is 33.2 Å². The second kappa shape index (κ2) is 10.7. The molecule has 6 nitrogen and oxygen atoms in total. The summed E-state index contributed by atoms with van der Waals surface area (Å²) in [6, 6.07) is 14.2. The third-order valence-electron chi connectivity index (χ3n) is 4.45. The maximum atomic E-state index is 9.74. The zero-order valence-electron chi connectivity index (χ0n) is 16.9. The number of amidine groups is 1. The van der Waals surface area contributed by atoms with Crippen LogP contribution in [0.25, 0.3) is 0 Å². The third kappa shape index (κ3) is 6.23. The minimum Gasteiger partial charge on any atom is -0.437 e. The van der Waals surface area contributed by atoms with Crippen molar-refractivity contribution in [2.75, 3.05) is 5.88 Å². The van der Waals surface area contributed by atoms with Gasteiger partial charge in [0.1, 0.15) is 5.75 Å². The summed E-state index contributed by atoms with van der Waals surface area (Å²) in [6.45, 7) is 3.75. The van der Waals surface area contributed by atoms with Crippen molar-refractivity contribution >= 4 is 40.6 Å². The van der Waals surface area contributed by atoms with Crippen molar-refractivity contribution < 1.29 is 9.94 Å². The summed E-state index contributed by atoms with van der Waals surface area (Å²) in [5.74, 6) is 1.05. The number of hydrogen-bond acceptors (Lipinski definition) is 5. The number of aromatic nitrogens is 2. The molecule has 3 rings (SSSR count). The predicted octanol–water partition coefficient (Wildman–Crippen LogP) is 5.77. The number of benzene rings is 2. The van der Waals surface area contributed by atoms with Gasteiger partial charge in [-0.25, -0.2) is 0 Å². The first-order valence-electron chi connectivity index (χ1n) is 9.47. The van der Waals surface area contributed by atoms with Crippen LogP contribution in [0.4, 0.5) is 0 Å². The summed E-state index contributed by atoms with van der Waals surface area (Å²) in [6.07, 6.45) is 0.531. The van der Waals surface area contributed by atoms with Crippen molar-refractivity contribution in [3.63, 3.8) is 0 Å². The molecule has 0 aliphatic heterocycles. The lowest BCUT2D eigenvalue weighted by molar-refractivity contribution is 0.315. The van der Waals surface area contributed by atoms with Gasteiger partial charge in [0, 0.05) is 22.0 Å². The fourth-order valence-electron chi connectivity index (χ4n) is 2.95. The molecule has 0 aliphatic rings. The molecule has 0 bridgehead atoms. The zero-order chi connectivity index (χ0) is 22.4. The Bertz CT molecular complexity index is 1090. The summed E-state index contributed by atoms with van der Waals surface area (Å²) >= 11 is 18.6. The van der Waals surface area contributed by atoms with Crippen LogP contribution >= 0.6 is 34.8 Å². The normalized spacial score (nSPS) is 12.5. The Balaban J connectivity index is 1.86. The standard InChI is InChI=1S/C22H21Cl3N4O2/c1-13-6-7-15(20(25)8-13)10-17(12-23)26-21(29-30)19-9-14(2)27-28-22(19)31-18-5-3-4-16(24)11-18/h3-9,11,17,30H,10,12H2,1-2H3,(H,26,29)/t17-/m1/s1. The minimum absolute atomic E-state index is 0.156. The van der Waals surface area contributed by atoms with E-state index in [0.717, 1.165) is 11.1 Å². The second-order valence-electron chi connectivity index (χ2n) is 7.01. The van der Waals surface area contributed by atoms with E-state index in [4.69, 9.17) is 39.5 Å². The van der Waals surface area contributed by atoms with Gasteiger partial charge >= 0.3 is 0 Å². The highest BCUT2D eigenvalue weighted by atomic mass is 35.5. The molecule has 0 amide bonds. The average molecular weight is 480 g/mol. The molecule has 0 aliphatic carbocycles. The van der Waals surface area contributed by atoms with E-state index in [1.165, 1.54) is 0 Å². The first-order valence-corrected chi connectivity index (χ1v) is 10.8. The van der Waals surface area contributed by atoms with E-state index in [1.54, 1.807) is 37.3 Å². The number of nitrogens with zero attached hydrogens (tertiary/aromatic N) is 3. The fourth-order valence-corrected chi connectivity index (χ4v) is 3.62. The van der Waals surface area contributed by atoms with Gasteiger partial charge in [-0.2, -0.15) is 5.10 Å². The van der Waals surface area contributed by atoms with Gasteiger partial charge in [0.05, 0.1) is 11.3 Å². The van der Waals surface area contributed by atoms with Crippen molar-refractivity contribution in [1.29, 1.82) is 0 Å². The topological polar surface area (TPSA) is 79.6 Å². The van der Waals surface area contributed by atoms with E-state index in [9.17, 15) is 5.21 Å². The fraction of sp³-hybridized carbons (Fsp3) is 0.227. The first-order chi connectivity index (χ1) is 14.9. The van der Waals surface area contributed by atoms with Crippen LogP contribution in [0.15, 0.2) is 53.7 Å². The quantitative estimate of drug-likeness (QED) is 0.148. The molecule has 1 heterocycles. The first kappa shape index (κ1) is 23.1. The van der Waals surface area contributed by atoms with Crippen LogP contribution in [0.5, 0.6) is 11.6 Å². The highest BCUT2D eigenvalue weighted by Crippen LogP contribution is 2.26. The van der Waals surface area contributed by atoms with Crippen LogP contribution in [0.3, 0.4) is 0 Å². The van der Waals surface area contributed by atoms with E-state index in [2.05, 4.69) is 20.7 Å². The summed E-state index contributed by atoms with van der Waals surface area (Å²) in [4.78, 5) is 0. The number of hydrogen-bond donors (Lipinski definition) is 2. The molecule has 0 saturated heterocycles. The van der Waals surface area contributed by atoms with Crippen molar-refractivity contribution in [2.24, 2.45) is 5.16 Å². The van der Waals surface area contributed by atoms with Crippen molar-refractivity contribution in [3.05, 3.63) is 81.0 Å². The molecule has 2 aromatic carbocycles. The van der Waals surface area contributed by atoms with E-state index in [0.29, 0.717) is 33.5 Å². The summed E-state index contributed by atoms with van der Waals surface area (Å²) < 4.78 is 5.85. The Labute approximate surface area is 195 Å². The summed E-state index contributed by atoms with van der Waals surface area (Å²) in [5, 5.41) is 25.7. The Kier molecular flexibility index (Phi) is 7.96. The third-order valence-corrected chi connectivity index (χ3v) is 5.41. The SMILES string of the molecule is Cc1ccc(C[C@H](CCl)NC(=NO)c2cc(C)nnc2Oc2cccc(Cl)c2)c(Cl)c1. The van der Waals surface area contributed by atoms with E-state index in [-0.39, 0.29) is 23.6 Å². The van der Waals surface area contributed by atoms with Crippen LogP contribution in [0.2, 0.25) is 10.0 Å². The summed E-state index contributed by atoms with van der Waals surface area (Å²) in [7, 11) is 0. The molecular formula is C22H21Cl3N4O2. The molecular weight excluding hydrogens is 459 g/mol. The van der Waals surface area contributed by atoms with Gasteiger partial charge in [-0.05, 0) is 61.7 Å². The van der Waals surface area contributed by atoms with E-state index in [1.807, 2.05) is 25.1 Å². The van der Waals surface area contributed by atoms with Crippen LogP contribution in [0.1, 0.15) is 22.4 Å². The van der Waals surface area contributed by atoms with Crippen molar-refractivity contribution in [3.8, 4) is 11.6 Å². The number of ether oxygens (including phenoxy) is 1. The molecule has 3 aromatic rings. The second-order valence-corrected chi connectivity index (χ2v) is 8.16. The molecule has 0 fully saturated rings. The van der Waals surface area contributed by atoms with Crippen molar-refractivity contribution in [2.45, 2.75) is 26.3 Å². The molecule has 9 heteroatoms. The lowest BCUT2D eigenvalue weighted by Crippen LogP contribution is -2.38. The van der Waals surface area contributed by atoms with Crippen molar-refractivity contribution in [1.82, 2.24) is 15.5 Å². The zero-order valence-corrected chi connectivity index (χ0v) is 19.2. The van der Waals surface area contributed by atoms with Crippen LogP contribution in [0, 0.1) is 13.8 Å². The van der Waals surface area contributed by atoms with Gasteiger partial charge in [-0.15, -0.1) is 16.7 Å². The molecule has 0 spiro atoms. The highest BCUT2D eigenvalue weighted by molar-refractivity contribution is 6.31. The minimum atomic E-state index is -0.264. The van der Waals surface area contributed by atoms with Gasteiger partial charge in [-0.3, -0.25) is 0 Å². The van der Waals surface area contributed by atoms with Gasteiger partial charge in [0.2, 0.25) is 5.88 Å². The van der Waals surface area contributed by atoms with Gasteiger partial charge in [-0.1, -0.05) is 46.6 Å². The lowest BCUT2D eigenvalue weighted by Gasteiger charge is -2.20. The van der Waals surface area contributed by atoms with E-state index >= 15 is 0 Å². The smallest absolute Gasteiger partial charge is 0.250 e. The molecule has 1 aromatic heterocycles. The summed E-state index contributed by atoms with van der Waals surface area (Å²) in [5.41, 5.74) is 3.06. The number of halogens is 3. The Morgan fingerprint density at radius 2 is 1.94 bits per heavy atom. The number of alkyl halides is 1. The molecule has 162 valence electrons. The van der Waals surface area contributed by atoms with Crippen LogP contribution in [-0.2, 0) is 6.42 Å². The number of nitrogens with one attached hydrogen (secondary N) is 1. The maximum absolute atomic E-state index is 9.74. The van der Waals surface area contributed by atoms with E-state index < -0.39 is 0 Å². The molecule has 0 unspecified atom stereocenters. The van der Waals surface area contributed by atoms with Gasteiger partial charge in [0.15, 0.2) is 5.84 Å².